The first kappa shape index (κ1) is 15.3. The molecule has 0 saturated carbocycles. The summed E-state index contributed by atoms with van der Waals surface area (Å²) in [6.45, 7) is 1.75. The van der Waals surface area contributed by atoms with Crippen LogP contribution < -0.4 is 9.46 Å². The molecule has 0 aromatic heterocycles. The maximum absolute atomic E-state index is 12.2. The summed E-state index contributed by atoms with van der Waals surface area (Å²) in [6.07, 6.45) is 0.316. The molecule has 20 heavy (non-hydrogen) atoms. The second kappa shape index (κ2) is 5.34. The van der Waals surface area contributed by atoms with E-state index in [4.69, 9.17) is 4.74 Å². The van der Waals surface area contributed by atoms with E-state index in [1.807, 2.05) is 0 Å². The third-order valence-electron chi connectivity index (χ3n) is 3.23. The summed E-state index contributed by atoms with van der Waals surface area (Å²) in [4.78, 5) is 0.111. The monoisotopic (exact) mass is 319 g/mol. The molecule has 1 atom stereocenters. The van der Waals surface area contributed by atoms with Gasteiger partial charge in [0.1, 0.15) is 5.75 Å². The molecule has 6 nitrogen and oxygen atoms in total. The summed E-state index contributed by atoms with van der Waals surface area (Å²) >= 11 is 0. The lowest BCUT2D eigenvalue weighted by molar-refractivity contribution is 0.411. The van der Waals surface area contributed by atoms with E-state index in [1.165, 1.54) is 19.2 Å². The van der Waals surface area contributed by atoms with Crippen molar-refractivity contribution in [2.45, 2.75) is 24.3 Å². The molecule has 112 valence electrons. The molecule has 1 aromatic carbocycles. The van der Waals surface area contributed by atoms with E-state index in [0.717, 1.165) is 0 Å². The third kappa shape index (κ3) is 3.31. The van der Waals surface area contributed by atoms with Crippen molar-refractivity contribution >= 4 is 19.9 Å². The molecule has 1 heterocycles. The number of nitrogens with one attached hydrogen (secondary N) is 1. The van der Waals surface area contributed by atoms with Crippen LogP contribution in [0.25, 0.3) is 0 Å². The van der Waals surface area contributed by atoms with Crippen molar-refractivity contribution in [3.05, 3.63) is 23.8 Å². The molecule has 0 bridgehead atoms. The molecule has 2 rings (SSSR count). The highest BCUT2D eigenvalue weighted by molar-refractivity contribution is 7.92. The fourth-order valence-electron chi connectivity index (χ4n) is 2.19. The van der Waals surface area contributed by atoms with Gasteiger partial charge in [0.2, 0.25) is 10.0 Å². The zero-order valence-corrected chi connectivity index (χ0v) is 12.9. The Balaban J connectivity index is 2.21. The van der Waals surface area contributed by atoms with Crippen molar-refractivity contribution < 1.29 is 21.6 Å². The van der Waals surface area contributed by atoms with Gasteiger partial charge in [-0.1, -0.05) is 0 Å². The van der Waals surface area contributed by atoms with Gasteiger partial charge in [-0.05, 0) is 37.1 Å². The van der Waals surface area contributed by atoms with Gasteiger partial charge in [-0.15, -0.1) is 0 Å². The number of ether oxygens (including phenoxy) is 1. The van der Waals surface area contributed by atoms with E-state index in [2.05, 4.69) is 4.72 Å². The average Bonchev–Trinajstić information content (AvgIpc) is 2.67. The van der Waals surface area contributed by atoms with Crippen LogP contribution in [0.4, 0.5) is 0 Å². The molecule has 1 N–H and O–H groups in total. The number of aryl methyl sites for hydroxylation is 1. The molecule has 1 fully saturated rings. The Hall–Kier alpha value is -1.12. The lowest BCUT2D eigenvalue weighted by Gasteiger charge is -2.13. The maximum Gasteiger partial charge on any atom is 0.240 e. The Morgan fingerprint density at radius 1 is 1.35 bits per heavy atom. The Morgan fingerprint density at radius 3 is 2.55 bits per heavy atom. The third-order valence-corrected chi connectivity index (χ3v) is 6.52. The molecular weight excluding hydrogens is 302 g/mol. The Labute approximate surface area is 119 Å². The summed E-state index contributed by atoms with van der Waals surface area (Å²) in [5.74, 6) is 0.496. The largest absolute Gasteiger partial charge is 0.496 e. The number of methoxy groups -OCH3 is 1. The van der Waals surface area contributed by atoms with Gasteiger partial charge in [-0.2, -0.15) is 0 Å². The highest BCUT2D eigenvalue weighted by atomic mass is 32.2. The van der Waals surface area contributed by atoms with E-state index in [1.54, 1.807) is 13.0 Å². The molecule has 0 spiro atoms. The van der Waals surface area contributed by atoms with Crippen molar-refractivity contribution in [1.82, 2.24) is 4.72 Å². The van der Waals surface area contributed by atoms with Gasteiger partial charge in [0, 0.05) is 6.04 Å². The van der Waals surface area contributed by atoms with Gasteiger partial charge < -0.3 is 4.74 Å². The Kier molecular flexibility index (Phi) is 4.08. The van der Waals surface area contributed by atoms with Crippen LogP contribution in [0.3, 0.4) is 0 Å². The molecule has 1 aliphatic heterocycles. The minimum atomic E-state index is -3.71. The number of hydrogen-bond acceptors (Lipinski definition) is 5. The van der Waals surface area contributed by atoms with Gasteiger partial charge in [0.15, 0.2) is 9.84 Å². The molecule has 1 aromatic rings. The van der Waals surface area contributed by atoms with Crippen molar-refractivity contribution in [1.29, 1.82) is 0 Å². The van der Waals surface area contributed by atoms with Crippen LogP contribution in [-0.4, -0.2) is 41.5 Å². The van der Waals surface area contributed by atoms with Crippen LogP contribution in [0.2, 0.25) is 0 Å². The Bertz CT molecular complexity index is 709. The second-order valence-electron chi connectivity index (χ2n) is 4.85. The average molecular weight is 319 g/mol. The quantitative estimate of drug-likeness (QED) is 0.871. The molecule has 0 radical (unpaired) electrons. The van der Waals surface area contributed by atoms with Crippen molar-refractivity contribution in [3.8, 4) is 5.75 Å². The minimum Gasteiger partial charge on any atom is -0.496 e. The first-order valence-corrected chi connectivity index (χ1v) is 9.41. The topological polar surface area (TPSA) is 89.5 Å². The summed E-state index contributed by atoms with van der Waals surface area (Å²) in [6, 6.07) is 3.98. The summed E-state index contributed by atoms with van der Waals surface area (Å²) in [7, 11) is -5.32. The molecule has 1 aliphatic rings. The van der Waals surface area contributed by atoms with E-state index < -0.39 is 25.9 Å². The number of benzene rings is 1. The first-order valence-electron chi connectivity index (χ1n) is 6.11. The van der Waals surface area contributed by atoms with Crippen LogP contribution in [0.5, 0.6) is 5.75 Å². The van der Waals surface area contributed by atoms with E-state index in [0.29, 0.717) is 17.7 Å². The SMILES string of the molecule is COc1ccc(S(=O)(=O)NC2CCS(=O)(=O)C2)cc1C. The fraction of sp³-hybridized carbons (Fsp3) is 0.500. The van der Waals surface area contributed by atoms with Crippen LogP contribution in [0, 0.1) is 6.92 Å². The van der Waals surface area contributed by atoms with Gasteiger partial charge in [-0.25, -0.2) is 21.6 Å². The van der Waals surface area contributed by atoms with Gasteiger partial charge in [0.05, 0.1) is 23.5 Å². The molecular formula is C12H17NO5S2. The van der Waals surface area contributed by atoms with E-state index in [9.17, 15) is 16.8 Å². The zero-order chi connectivity index (χ0) is 15.0. The van der Waals surface area contributed by atoms with Crippen LogP contribution in [-0.2, 0) is 19.9 Å². The molecule has 0 amide bonds. The van der Waals surface area contributed by atoms with Crippen LogP contribution >= 0.6 is 0 Å². The fourth-order valence-corrected chi connectivity index (χ4v) is 5.33. The highest BCUT2D eigenvalue weighted by Crippen LogP contribution is 2.22. The molecule has 1 saturated heterocycles. The zero-order valence-electron chi connectivity index (χ0n) is 11.3. The standard InChI is InChI=1S/C12H17NO5S2/c1-9-7-11(3-4-12(9)18-2)20(16,17)13-10-5-6-19(14,15)8-10/h3-4,7,10,13H,5-6,8H2,1-2H3. The van der Waals surface area contributed by atoms with E-state index in [-0.39, 0.29) is 16.4 Å². The number of hydrogen-bond donors (Lipinski definition) is 1. The summed E-state index contributed by atoms with van der Waals surface area (Å²) < 4.78 is 54.6. The normalized spacial score (nSPS) is 21.8. The molecule has 0 aliphatic carbocycles. The number of sulfone groups is 1. The van der Waals surface area contributed by atoms with E-state index >= 15 is 0 Å². The maximum atomic E-state index is 12.2. The first-order chi connectivity index (χ1) is 9.23. The second-order valence-corrected chi connectivity index (χ2v) is 8.80. The minimum absolute atomic E-state index is 0.0296. The highest BCUT2D eigenvalue weighted by Gasteiger charge is 2.31. The van der Waals surface area contributed by atoms with Gasteiger partial charge in [-0.3, -0.25) is 0 Å². The van der Waals surface area contributed by atoms with Crippen LogP contribution in [0.1, 0.15) is 12.0 Å². The van der Waals surface area contributed by atoms with Gasteiger partial charge in [0.25, 0.3) is 0 Å². The number of sulfonamides is 1. The van der Waals surface area contributed by atoms with Crippen molar-refractivity contribution in [3.63, 3.8) is 0 Å². The summed E-state index contributed by atoms with van der Waals surface area (Å²) in [5.41, 5.74) is 0.703. The predicted molar refractivity (Wildman–Crippen MR) is 75.1 cm³/mol. The predicted octanol–water partition coefficient (Wildman–Crippen LogP) is 0.469. The smallest absolute Gasteiger partial charge is 0.240 e. The van der Waals surface area contributed by atoms with Gasteiger partial charge >= 0.3 is 0 Å². The lowest BCUT2D eigenvalue weighted by atomic mass is 10.2. The van der Waals surface area contributed by atoms with Crippen LogP contribution in [0.15, 0.2) is 23.1 Å². The number of rotatable bonds is 4. The summed E-state index contributed by atoms with van der Waals surface area (Å²) in [5, 5.41) is 0. The Morgan fingerprint density at radius 2 is 2.05 bits per heavy atom. The van der Waals surface area contributed by atoms with Crippen molar-refractivity contribution in [2.24, 2.45) is 0 Å². The lowest BCUT2D eigenvalue weighted by Crippen LogP contribution is -2.35. The van der Waals surface area contributed by atoms with Crippen molar-refractivity contribution in [2.75, 3.05) is 18.6 Å². The molecule has 8 heteroatoms. The molecule has 1 unspecified atom stereocenters.